The summed E-state index contributed by atoms with van der Waals surface area (Å²) < 4.78 is 53.2. The topological polar surface area (TPSA) is 338 Å². The number of aromatic nitrogens is 3. The lowest BCUT2D eigenvalue weighted by Crippen LogP contribution is -2.52. The molecule has 3 aliphatic heterocycles. The maximum absolute atomic E-state index is 11.4. The highest BCUT2D eigenvalue weighted by Gasteiger charge is 2.64. The highest BCUT2D eigenvalue weighted by Crippen LogP contribution is 2.44. The molecule has 3 aromatic heterocycles. The minimum absolute atomic E-state index is 0.336. The third-order valence-electron chi connectivity index (χ3n) is 27.0. The molecule has 6 heterocycles. The van der Waals surface area contributed by atoms with Crippen LogP contribution in [0.3, 0.4) is 0 Å². The number of carbonyl (C=O) groups is 5. The molecule has 17 rings (SSSR count). The van der Waals surface area contributed by atoms with E-state index in [1.54, 1.807) is 0 Å². The molecule has 0 bridgehead atoms. The van der Waals surface area contributed by atoms with Gasteiger partial charge in [-0.05, 0) is 341 Å². The lowest BCUT2D eigenvalue weighted by atomic mass is 9.49. The van der Waals surface area contributed by atoms with Crippen LogP contribution < -0.4 is 16.5 Å². The number of nitrogens with zero attached hydrogens (tertiary/aromatic N) is 3. The zero-order valence-corrected chi connectivity index (χ0v) is 87.5. The fraction of sp³-hybridized carbons (Fsp3) is 0.287. The van der Waals surface area contributed by atoms with Gasteiger partial charge in [0.1, 0.15) is 46.5 Å². The average Bonchev–Trinajstić information content (AvgIpc) is 1.59. The summed E-state index contributed by atoms with van der Waals surface area (Å²) in [6.45, 7) is 43.0. The lowest BCUT2D eigenvalue weighted by Gasteiger charge is -2.32. The van der Waals surface area contributed by atoms with Crippen LogP contribution in [0.25, 0.3) is 104 Å². The van der Waals surface area contributed by atoms with Crippen molar-refractivity contribution in [3.05, 3.63) is 340 Å². The predicted octanol–water partition coefficient (Wildman–Crippen LogP) is 24.4. The van der Waals surface area contributed by atoms with Gasteiger partial charge < -0.3 is 67.3 Å². The Morgan fingerprint density at radius 1 is 0.399 bits per heavy atom. The molecule has 143 heavy (non-hydrogen) atoms. The highest BCUT2D eigenvalue weighted by atomic mass is 79.9. The van der Waals surface area contributed by atoms with Crippen molar-refractivity contribution in [2.24, 2.45) is 5.73 Å². The Hall–Kier alpha value is -12.7. The first kappa shape index (κ1) is 111. The first-order chi connectivity index (χ1) is 67.5. The first-order valence-corrected chi connectivity index (χ1v) is 48.1. The van der Waals surface area contributed by atoms with E-state index in [1.807, 2.05) is 248 Å². The zero-order chi connectivity index (χ0) is 104. The number of nitrogens with one attached hydrogen (secondary N) is 1. The number of carbonyl (C=O) groups excluding carboxylic acids is 3. The molecule has 3 saturated heterocycles. The van der Waals surface area contributed by atoms with E-state index in [1.165, 1.54) is 38.6 Å². The monoisotopic (exact) mass is 2010 g/mol. The van der Waals surface area contributed by atoms with Crippen molar-refractivity contribution in [2.45, 2.75) is 204 Å². The van der Waals surface area contributed by atoms with Gasteiger partial charge in [-0.2, -0.15) is 0 Å². The van der Waals surface area contributed by atoms with Crippen molar-refractivity contribution in [2.75, 3.05) is 13.2 Å². The standard InChI is InChI=1S/C28H28N2O4.C24H19NO2.C23H27BO3.C17H15ClO.C12H24B2O4.C7H4BrNO.C4H9NO3/c1-18-7-8-20(15-30-28(3,16-31)27(32)33)13-22(18)10-9-21-5-4-6-24(19(21)2)23-11-12-25-26(14-23)34-17-29-25;1-16-6-7-18(14-26)12-20(16)9-8-19-4-3-5-22(17(19)2)21-10-11-23-24(13-21)27-15-25-23;1-16-10-11-18(15-25)14-20(16)13-12-19-8-7-9-21(17(19)2)24-26-22(3,4)23(5,6)27-24;1-12-6-7-14(11-19)10-16(12)9-8-15-4-3-5-17(18)13(15)2;1-9(2)10(3,4)16-13(15-9)14-17-11(5,6)12(7,8)18-14;8-5-1-2-6-7(3-5)10-4-9-6;1-4(5,2-6)3(7)8/h4-14,17,30-31H,15-16H2,1-3H3,(H,32,33);3-15H,1-2H3;7-15H,1-6H3;3-11H,1-2H3;1-8H3;1-4H;6H,2,5H2,1H3,(H,7,8)/b10-9+;9-8+;13-12+;9-8+;;;/t28-;;;;;;4-/m0.....0/s1. The number of rotatable bonds is 22. The van der Waals surface area contributed by atoms with Crippen LogP contribution >= 0.6 is 27.5 Å². The summed E-state index contributed by atoms with van der Waals surface area (Å²) in [7, 11) is -1.32. The maximum Gasteiger partial charge on any atom is 0.495 e. The SMILES string of the molecule is Brc1ccc2ncoc2c1.CC1(C)OB(B2OC(C)(C)C(C)(C)O2)OC1(C)C.C[C@](N)(CO)C(=O)O.Cc1ccc(C=O)cc1/C=C/c1cccc(-c2ccc3ncoc3c2)c1C.Cc1ccc(C=O)cc1/C=C/c1cccc(B2OC(C)(C)C(C)(C)O2)c1C.Cc1ccc(C=O)cc1/C=C/c1cccc(Cl)c1C.Cc1ccc(CN[C@@](C)(CO)C(=O)O)cc1/C=C/c1cccc(-c2ccc3ncoc3c2)c1C. The van der Waals surface area contributed by atoms with Crippen LogP contribution in [0, 0.1) is 55.4 Å². The molecule has 0 unspecified atom stereocenters. The van der Waals surface area contributed by atoms with Crippen LogP contribution in [0.4, 0.5) is 0 Å². The Morgan fingerprint density at radius 2 is 0.734 bits per heavy atom. The van der Waals surface area contributed by atoms with Gasteiger partial charge in [0, 0.05) is 32.7 Å². The summed E-state index contributed by atoms with van der Waals surface area (Å²) in [6, 6.07) is 65.5. The quantitative estimate of drug-likeness (QED) is 0.0208. The lowest BCUT2D eigenvalue weighted by molar-refractivity contribution is -0.146. The molecule has 3 aliphatic rings. The number of fused-ring (bicyclic) bond motifs is 3. The molecule has 14 aromatic rings. The largest absolute Gasteiger partial charge is 0.495 e. The van der Waals surface area contributed by atoms with Gasteiger partial charge in [-0.3, -0.25) is 29.3 Å². The molecule has 742 valence electrons. The molecule has 0 radical (unpaired) electrons. The third kappa shape index (κ3) is 27.6. The van der Waals surface area contributed by atoms with Crippen LogP contribution in [0.15, 0.2) is 237 Å². The summed E-state index contributed by atoms with van der Waals surface area (Å²) in [6.07, 6.45) is 23.5. The van der Waals surface area contributed by atoms with Gasteiger partial charge in [-0.1, -0.05) is 210 Å². The number of hydrogen-bond donors (Lipinski definition) is 6. The molecule has 3 fully saturated rings. The van der Waals surface area contributed by atoms with Crippen molar-refractivity contribution in [3.63, 3.8) is 0 Å². The van der Waals surface area contributed by atoms with Gasteiger partial charge in [-0.25, -0.2) is 15.0 Å². The average molecular weight is 2010 g/mol. The van der Waals surface area contributed by atoms with Crippen molar-refractivity contribution < 1.29 is 85.6 Å². The van der Waals surface area contributed by atoms with Crippen LogP contribution in [-0.2, 0) is 44.1 Å². The van der Waals surface area contributed by atoms with Gasteiger partial charge in [0.25, 0.3) is 0 Å². The Morgan fingerprint density at radius 3 is 1.10 bits per heavy atom. The van der Waals surface area contributed by atoms with Crippen LogP contribution in [0.5, 0.6) is 0 Å². The van der Waals surface area contributed by atoms with Gasteiger partial charge in [-0.15, -0.1) is 0 Å². The molecule has 7 N–H and O–H groups in total. The molecular weight excluding hydrogens is 1890 g/mol. The van der Waals surface area contributed by atoms with Crippen molar-refractivity contribution >= 4 is 167 Å². The number of aryl methyl sites for hydroxylation is 4. The number of aliphatic carboxylic acids is 2. The molecule has 0 amide bonds. The Balaban J connectivity index is 0.000000165. The van der Waals surface area contributed by atoms with Gasteiger partial charge >= 0.3 is 33.1 Å². The summed E-state index contributed by atoms with van der Waals surface area (Å²) >= 11 is 9.42. The van der Waals surface area contributed by atoms with E-state index >= 15 is 0 Å². The van der Waals surface area contributed by atoms with Crippen LogP contribution in [-0.4, -0.2) is 145 Å². The van der Waals surface area contributed by atoms with E-state index < -0.39 is 50.2 Å². The smallest absolute Gasteiger partial charge is 0.480 e. The van der Waals surface area contributed by atoms with E-state index in [0.29, 0.717) is 23.2 Å². The molecule has 0 aliphatic carbocycles. The molecule has 28 heteroatoms. The van der Waals surface area contributed by atoms with E-state index in [9.17, 15) is 34.2 Å². The van der Waals surface area contributed by atoms with E-state index in [2.05, 4.69) is 176 Å². The van der Waals surface area contributed by atoms with E-state index in [-0.39, 0.29) is 40.7 Å². The van der Waals surface area contributed by atoms with E-state index in [4.69, 9.17) is 68.7 Å². The minimum Gasteiger partial charge on any atom is -0.480 e. The van der Waals surface area contributed by atoms with Gasteiger partial charge in [0.15, 0.2) is 35.9 Å². The second kappa shape index (κ2) is 47.2. The fourth-order valence-electron chi connectivity index (χ4n) is 15.0. The van der Waals surface area contributed by atoms with Crippen molar-refractivity contribution in [1.82, 2.24) is 20.3 Å². The highest BCUT2D eigenvalue weighted by molar-refractivity contribution is 9.10. The number of aliphatic hydroxyl groups excluding tert-OH is 2. The molecular formula is C115H126B3BrClN5O18. The summed E-state index contributed by atoms with van der Waals surface area (Å²) in [4.78, 5) is 66.6. The Kier molecular flexibility index (Phi) is 36.6. The Bertz CT molecular complexity index is 6970. The number of nitrogens with two attached hydrogens (primary N) is 1. The number of hydrogen-bond acceptors (Lipinski definition) is 21. The normalized spacial score (nSPS) is 16.0. The predicted molar refractivity (Wildman–Crippen MR) is 579 cm³/mol. The molecule has 2 atom stereocenters. The summed E-state index contributed by atoms with van der Waals surface area (Å²) in [5.74, 6) is -2.28. The number of oxazole rings is 3. The fourth-order valence-corrected chi connectivity index (χ4v) is 15.6. The van der Waals surface area contributed by atoms with E-state index in [0.717, 1.165) is 178 Å². The first-order valence-electron chi connectivity index (χ1n) is 47.0. The second-order valence-corrected chi connectivity index (χ2v) is 40.5. The Labute approximate surface area is 852 Å². The third-order valence-corrected chi connectivity index (χ3v) is 28.0. The number of carboxylic acids is 2. The van der Waals surface area contributed by atoms with Crippen molar-refractivity contribution in [3.8, 4) is 22.3 Å². The zero-order valence-electron chi connectivity index (χ0n) is 85.2. The molecule has 0 saturated carbocycles. The van der Waals surface area contributed by atoms with Crippen LogP contribution in [0.2, 0.25) is 5.02 Å². The molecule has 23 nitrogen and oxygen atoms in total. The van der Waals surface area contributed by atoms with Crippen molar-refractivity contribution in [1.29, 1.82) is 0 Å². The van der Waals surface area contributed by atoms with Crippen LogP contribution in [0.1, 0.15) is 223 Å². The summed E-state index contributed by atoms with van der Waals surface area (Å²) in [5.41, 5.74) is 31.2. The van der Waals surface area contributed by atoms with Gasteiger partial charge in [0.2, 0.25) is 0 Å². The second-order valence-electron chi connectivity index (χ2n) is 39.2. The number of aldehydes is 3. The summed E-state index contributed by atoms with van der Waals surface area (Å²) in [5, 5.41) is 38.9. The number of aliphatic hydroxyl groups is 2. The number of benzene rings is 11. The number of halogens is 2. The molecule has 11 aromatic carbocycles. The minimum atomic E-state index is -1.49. The maximum atomic E-state index is 11.4. The number of carboxylic acid groups (broad SMARTS) is 2. The molecule has 0 spiro atoms. The van der Waals surface area contributed by atoms with Gasteiger partial charge in [0.05, 0.1) is 46.8 Å².